The van der Waals surface area contributed by atoms with E-state index >= 15 is 0 Å². The number of halogens is 4. The largest absolute Gasteiger partial charge is 0.573 e. The molecule has 0 aliphatic carbocycles. The minimum Gasteiger partial charge on any atom is -0.406 e. The van der Waals surface area contributed by atoms with Crippen LogP contribution in [-0.2, 0) is 4.74 Å². The average molecular weight is 341 g/mol. The molecule has 2 N–H and O–H groups in total. The molecule has 2 rings (SSSR count). The maximum atomic E-state index is 12.2. The van der Waals surface area contributed by atoms with E-state index in [4.69, 9.17) is 10.5 Å². The van der Waals surface area contributed by atoms with E-state index in [1.54, 1.807) is 4.90 Å². The molecule has 1 amide bonds. The van der Waals surface area contributed by atoms with E-state index in [-0.39, 0.29) is 30.2 Å². The van der Waals surface area contributed by atoms with E-state index < -0.39 is 6.36 Å². The third kappa shape index (κ3) is 5.04. The Hall–Kier alpha value is -1.51. The molecule has 1 atom stereocenters. The molecule has 0 saturated carbocycles. The second kappa shape index (κ2) is 7.66. The number of amides is 1. The number of carbonyl (C=O) groups excluding carboxylic acids is 1. The monoisotopic (exact) mass is 340 g/mol. The van der Waals surface area contributed by atoms with Crippen molar-refractivity contribution in [1.82, 2.24) is 4.90 Å². The molecule has 0 spiro atoms. The van der Waals surface area contributed by atoms with Gasteiger partial charge in [-0.05, 0) is 24.3 Å². The van der Waals surface area contributed by atoms with Gasteiger partial charge in [0.1, 0.15) is 5.75 Å². The molecule has 1 aliphatic heterocycles. The lowest BCUT2D eigenvalue weighted by Gasteiger charge is -2.32. The van der Waals surface area contributed by atoms with Gasteiger partial charge in [-0.3, -0.25) is 4.79 Å². The summed E-state index contributed by atoms with van der Waals surface area (Å²) < 4.78 is 45.3. The van der Waals surface area contributed by atoms with Crippen LogP contribution in [0.5, 0.6) is 5.75 Å². The van der Waals surface area contributed by atoms with Crippen LogP contribution in [0, 0.1) is 0 Å². The molecule has 124 valence electrons. The van der Waals surface area contributed by atoms with Crippen LogP contribution < -0.4 is 10.5 Å². The van der Waals surface area contributed by atoms with Crippen LogP contribution in [0.1, 0.15) is 10.4 Å². The summed E-state index contributed by atoms with van der Waals surface area (Å²) >= 11 is 0. The highest BCUT2D eigenvalue weighted by Crippen LogP contribution is 2.23. The maximum Gasteiger partial charge on any atom is 0.573 e. The summed E-state index contributed by atoms with van der Waals surface area (Å²) in [6.45, 7) is 1.50. The number of hydrogen-bond donors (Lipinski definition) is 1. The molecule has 5 nitrogen and oxygen atoms in total. The zero-order chi connectivity index (χ0) is 15.5. The first-order valence-electron chi connectivity index (χ1n) is 6.36. The molecule has 0 radical (unpaired) electrons. The Bertz CT molecular complexity index is 496. The van der Waals surface area contributed by atoms with Crippen molar-refractivity contribution in [3.05, 3.63) is 29.8 Å². The van der Waals surface area contributed by atoms with Gasteiger partial charge in [0, 0.05) is 25.2 Å². The highest BCUT2D eigenvalue weighted by Gasteiger charge is 2.31. The Morgan fingerprint density at radius 2 is 2.00 bits per heavy atom. The number of morpholine rings is 1. The minimum atomic E-state index is -4.75. The third-order valence-corrected chi connectivity index (χ3v) is 3.02. The van der Waals surface area contributed by atoms with Gasteiger partial charge in [-0.2, -0.15) is 0 Å². The minimum absolute atomic E-state index is 0. The van der Waals surface area contributed by atoms with Crippen molar-refractivity contribution in [2.45, 2.75) is 12.5 Å². The van der Waals surface area contributed by atoms with Crippen LogP contribution in [-0.4, -0.2) is 49.5 Å². The van der Waals surface area contributed by atoms with Crippen molar-refractivity contribution in [1.29, 1.82) is 0 Å². The summed E-state index contributed by atoms with van der Waals surface area (Å²) in [6.07, 6.45) is -4.96. The number of alkyl halides is 3. The highest BCUT2D eigenvalue weighted by molar-refractivity contribution is 5.94. The highest BCUT2D eigenvalue weighted by atomic mass is 35.5. The summed E-state index contributed by atoms with van der Waals surface area (Å²) in [7, 11) is 0. The van der Waals surface area contributed by atoms with Crippen LogP contribution in [0.25, 0.3) is 0 Å². The molecule has 1 aromatic rings. The number of nitrogens with two attached hydrogens (primary N) is 1. The number of hydrogen-bond acceptors (Lipinski definition) is 4. The van der Waals surface area contributed by atoms with E-state index in [0.717, 1.165) is 12.1 Å². The summed E-state index contributed by atoms with van der Waals surface area (Å²) in [4.78, 5) is 13.8. The van der Waals surface area contributed by atoms with Gasteiger partial charge in [0.15, 0.2) is 0 Å². The summed E-state index contributed by atoms with van der Waals surface area (Å²) in [5.41, 5.74) is 5.79. The number of nitrogens with zero attached hydrogens (tertiary/aromatic N) is 1. The van der Waals surface area contributed by atoms with Gasteiger partial charge >= 0.3 is 6.36 Å². The van der Waals surface area contributed by atoms with E-state index in [2.05, 4.69) is 4.74 Å². The Kier molecular flexibility index (Phi) is 6.46. The SMILES string of the molecule is Cl.NCC1CN(C(=O)c2ccc(OC(F)(F)F)cc2)CCO1. The molecule has 1 aliphatic rings. The van der Waals surface area contributed by atoms with Crippen LogP contribution in [0.2, 0.25) is 0 Å². The molecule has 9 heteroatoms. The fourth-order valence-electron chi connectivity index (χ4n) is 2.03. The van der Waals surface area contributed by atoms with E-state index in [1.165, 1.54) is 12.1 Å². The van der Waals surface area contributed by atoms with E-state index in [1.807, 2.05) is 0 Å². The molecule has 1 unspecified atom stereocenters. The molecule has 1 fully saturated rings. The van der Waals surface area contributed by atoms with E-state index in [0.29, 0.717) is 31.8 Å². The fourth-order valence-corrected chi connectivity index (χ4v) is 2.03. The topological polar surface area (TPSA) is 64.8 Å². The van der Waals surface area contributed by atoms with Crippen molar-refractivity contribution in [3.8, 4) is 5.75 Å². The molecule has 1 heterocycles. The molecule has 1 aromatic carbocycles. The Morgan fingerprint density at radius 1 is 1.36 bits per heavy atom. The average Bonchev–Trinajstić information content (AvgIpc) is 2.46. The quantitative estimate of drug-likeness (QED) is 0.911. The summed E-state index contributed by atoms with van der Waals surface area (Å²) in [6, 6.07) is 4.83. The Balaban J connectivity index is 0.00000242. The molecule has 0 bridgehead atoms. The fraction of sp³-hybridized carbons (Fsp3) is 0.462. The zero-order valence-corrected chi connectivity index (χ0v) is 12.3. The zero-order valence-electron chi connectivity index (χ0n) is 11.5. The van der Waals surface area contributed by atoms with Crippen molar-refractivity contribution in [2.75, 3.05) is 26.2 Å². The van der Waals surface area contributed by atoms with Gasteiger partial charge in [0.2, 0.25) is 0 Å². The van der Waals surface area contributed by atoms with Crippen molar-refractivity contribution >= 4 is 18.3 Å². The van der Waals surface area contributed by atoms with Gasteiger partial charge in [0.05, 0.1) is 12.7 Å². The summed E-state index contributed by atoms with van der Waals surface area (Å²) in [5.74, 6) is -0.629. The lowest BCUT2D eigenvalue weighted by molar-refractivity contribution is -0.274. The van der Waals surface area contributed by atoms with Gasteiger partial charge < -0.3 is 20.1 Å². The predicted molar refractivity (Wildman–Crippen MR) is 75.1 cm³/mol. The second-order valence-corrected chi connectivity index (χ2v) is 4.55. The maximum absolute atomic E-state index is 12.2. The van der Waals surface area contributed by atoms with Crippen LogP contribution in [0.3, 0.4) is 0 Å². The van der Waals surface area contributed by atoms with Gasteiger partial charge in [-0.1, -0.05) is 0 Å². The normalized spacial score (nSPS) is 18.5. The number of benzene rings is 1. The number of rotatable bonds is 3. The van der Waals surface area contributed by atoms with Crippen LogP contribution in [0.15, 0.2) is 24.3 Å². The molecule has 0 aromatic heterocycles. The first kappa shape index (κ1) is 18.5. The lowest BCUT2D eigenvalue weighted by atomic mass is 10.1. The molecular formula is C13H16ClF3N2O3. The first-order chi connectivity index (χ1) is 9.89. The molecular weight excluding hydrogens is 325 g/mol. The van der Waals surface area contributed by atoms with Gasteiger partial charge in [0.25, 0.3) is 5.91 Å². The van der Waals surface area contributed by atoms with Crippen molar-refractivity contribution in [2.24, 2.45) is 5.73 Å². The Labute approximate surface area is 131 Å². The first-order valence-corrected chi connectivity index (χ1v) is 6.36. The standard InChI is InChI=1S/C13H15F3N2O3.ClH/c14-13(15,16)21-10-3-1-9(2-4-10)12(19)18-5-6-20-11(7-17)8-18;/h1-4,11H,5-8,17H2;1H. The van der Waals surface area contributed by atoms with Crippen molar-refractivity contribution < 1.29 is 27.4 Å². The third-order valence-electron chi connectivity index (χ3n) is 3.02. The summed E-state index contributed by atoms with van der Waals surface area (Å²) in [5, 5.41) is 0. The van der Waals surface area contributed by atoms with E-state index in [9.17, 15) is 18.0 Å². The van der Waals surface area contributed by atoms with Crippen LogP contribution in [0.4, 0.5) is 13.2 Å². The molecule has 1 saturated heterocycles. The number of carbonyl (C=O) groups is 1. The second-order valence-electron chi connectivity index (χ2n) is 4.55. The Morgan fingerprint density at radius 3 is 2.55 bits per heavy atom. The van der Waals surface area contributed by atoms with Crippen LogP contribution >= 0.6 is 12.4 Å². The lowest BCUT2D eigenvalue weighted by Crippen LogP contribution is -2.48. The van der Waals surface area contributed by atoms with Crippen molar-refractivity contribution in [3.63, 3.8) is 0 Å². The van der Waals surface area contributed by atoms with Gasteiger partial charge in [-0.25, -0.2) is 0 Å². The predicted octanol–water partition coefficient (Wildman–Crippen LogP) is 1.81. The molecule has 22 heavy (non-hydrogen) atoms. The smallest absolute Gasteiger partial charge is 0.406 e. The number of ether oxygens (including phenoxy) is 2. The van der Waals surface area contributed by atoms with Gasteiger partial charge in [-0.15, -0.1) is 25.6 Å².